The maximum absolute atomic E-state index is 12.5. The summed E-state index contributed by atoms with van der Waals surface area (Å²) in [5.74, 6) is 0.718. The van der Waals surface area contributed by atoms with Crippen molar-refractivity contribution in [2.45, 2.75) is 45.1 Å². The molecule has 1 amide bonds. The van der Waals surface area contributed by atoms with Crippen LogP contribution in [0, 0.1) is 5.92 Å². The number of anilines is 1. The highest BCUT2D eigenvalue weighted by atomic mass is 16.2. The van der Waals surface area contributed by atoms with Gasteiger partial charge in [-0.2, -0.15) is 0 Å². The Morgan fingerprint density at radius 3 is 2.45 bits per heavy atom. The summed E-state index contributed by atoms with van der Waals surface area (Å²) >= 11 is 0. The van der Waals surface area contributed by atoms with E-state index in [1.54, 1.807) is 6.92 Å². The molecule has 0 bridgehead atoms. The maximum atomic E-state index is 12.5. The van der Waals surface area contributed by atoms with Gasteiger partial charge in [0.05, 0.1) is 17.4 Å². The van der Waals surface area contributed by atoms with E-state index in [0.29, 0.717) is 5.92 Å². The van der Waals surface area contributed by atoms with Gasteiger partial charge in [0.25, 0.3) is 0 Å². The van der Waals surface area contributed by atoms with Gasteiger partial charge in [0, 0.05) is 18.8 Å². The monoisotopic (exact) mass is 294 g/mol. The molecule has 1 aliphatic carbocycles. The number of nitrogens with zero attached hydrogens (tertiary/aromatic N) is 2. The van der Waals surface area contributed by atoms with Crippen LogP contribution in [0.5, 0.6) is 0 Å². The molecule has 0 saturated heterocycles. The Balaban J connectivity index is 1.88. The van der Waals surface area contributed by atoms with Crippen molar-refractivity contribution < 1.29 is 4.79 Å². The largest absolute Gasteiger partial charge is 0.317 e. The van der Waals surface area contributed by atoms with Crippen LogP contribution in [0.3, 0.4) is 0 Å². The van der Waals surface area contributed by atoms with Gasteiger partial charge in [0.2, 0.25) is 5.91 Å². The zero-order valence-corrected chi connectivity index (χ0v) is 13.0. The second-order valence-corrected chi connectivity index (χ2v) is 6.52. The van der Waals surface area contributed by atoms with Crippen LogP contribution in [0.1, 0.15) is 50.8 Å². The Morgan fingerprint density at radius 2 is 1.73 bits per heavy atom. The number of hydrogen-bond acceptors (Lipinski definition) is 1. The van der Waals surface area contributed by atoms with Gasteiger partial charge >= 0.3 is 0 Å². The first-order valence-electron chi connectivity index (χ1n) is 8.34. The maximum Gasteiger partial charge on any atom is 0.224 e. The first kappa shape index (κ1) is 13.6. The minimum Gasteiger partial charge on any atom is -0.317 e. The molecular weight excluding hydrogens is 272 g/mol. The van der Waals surface area contributed by atoms with Crippen LogP contribution in [-0.2, 0) is 4.79 Å². The lowest BCUT2D eigenvalue weighted by molar-refractivity contribution is -0.117. The molecule has 0 N–H and O–H groups in total. The normalized spacial score (nSPS) is 21.3. The summed E-state index contributed by atoms with van der Waals surface area (Å²) < 4.78 is 2.27. The molecular formula is C19H22N2O. The smallest absolute Gasteiger partial charge is 0.224 e. The van der Waals surface area contributed by atoms with Gasteiger partial charge in [-0.05, 0) is 43.0 Å². The minimum absolute atomic E-state index is 0.149. The lowest BCUT2D eigenvalue weighted by atomic mass is 9.81. The molecule has 2 heterocycles. The molecule has 1 atom stereocenters. The fraction of sp³-hybridized carbons (Fsp3) is 0.421. The topological polar surface area (TPSA) is 25.2 Å². The van der Waals surface area contributed by atoms with Gasteiger partial charge < -0.3 is 9.47 Å². The van der Waals surface area contributed by atoms with Crippen molar-refractivity contribution in [3.63, 3.8) is 0 Å². The third-order valence-electron chi connectivity index (χ3n) is 5.20. The summed E-state index contributed by atoms with van der Waals surface area (Å²) in [5, 5.41) is 0. The molecule has 2 aliphatic rings. The van der Waals surface area contributed by atoms with Crippen LogP contribution in [0.4, 0.5) is 5.69 Å². The second kappa shape index (κ2) is 5.31. The second-order valence-electron chi connectivity index (χ2n) is 6.52. The van der Waals surface area contributed by atoms with Crippen LogP contribution in [0.15, 0.2) is 42.6 Å². The zero-order valence-electron chi connectivity index (χ0n) is 13.0. The van der Waals surface area contributed by atoms with E-state index in [1.165, 1.54) is 37.8 Å². The average Bonchev–Trinajstić information content (AvgIpc) is 3.03. The first-order chi connectivity index (χ1) is 10.8. The molecule has 1 fully saturated rings. The van der Waals surface area contributed by atoms with Gasteiger partial charge in [-0.15, -0.1) is 0 Å². The Kier molecular flexibility index (Phi) is 3.29. The zero-order chi connectivity index (χ0) is 15.1. The molecule has 1 aromatic carbocycles. The summed E-state index contributed by atoms with van der Waals surface area (Å²) in [5.41, 5.74) is 3.43. The third-order valence-corrected chi connectivity index (χ3v) is 5.20. The molecule has 2 aromatic rings. The number of fused-ring (bicyclic) bond motifs is 3. The third kappa shape index (κ3) is 1.99. The summed E-state index contributed by atoms with van der Waals surface area (Å²) in [6.45, 7) is 1.70. The van der Waals surface area contributed by atoms with Crippen molar-refractivity contribution in [2.24, 2.45) is 5.92 Å². The van der Waals surface area contributed by atoms with E-state index in [-0.39, 0.29) is 11.9 Å². The predicted octanol–water partition coefficient (Wildman–Crippen LogP) is 4.47. The number of benzene rings is 1. The van der Waals surface area contributed by atoms with E-state index in [9.17, 15) is 4.79 Å². The summed E-state index contributed by atoms with van der Waals surface area (Å²) in [4.78, 5) is 14.5. The molecule has 1 aliphatic heterocycles. The van der Waals surface area contributed by atoms with Crippen molar-refractivity contribution >= 4 is 11.6 Å². The minimum atomic E-state index is 0.149. The molecule has 114 valence electrons. The van der Waals surface area contributed by atoms with Gasteiger partial charge in [-0.1, -0.05) is 31.4 Å². The molecule has 3 nitrogen and oxygen atoms in total. The van der Waals surface area contributed by atoms with E-state index in [0.717, 1.165) is 11.4 Å². The number of amides is 1. The van der Waals surface area contributed by atoms with Gasteiger partial charge in [-0.25, -0.2) is 0 Å². The van der Waals surface area contributed by atoms with Crippen LogP contribution in [0.2, 0.25) is 0 Å². The Morgan fingerprint density at radius 1 is 1.00 bits per heavy atom. The lowest BCUT2D eigenvalue weighted by Crippen LogP contribution is -2.42. The summed E-state index contributed by atoms with van der Waals surface area (Å²) in [6.07, 6.45) is 8.48. The van der Waals surface area contributed by atoms with E-state index in [2.05, 4.69) is 35.0 Å². The molecule has 22 heavy (non-hydrogen) atoms. The number of carbonyl (C=O) groups is 1. The molecule has 0 spiro atoms. The Bertz CT molecular complexity index is 697. The van der Waals surface area contributed by atoms with Crippen LogP contribution < -0.4 is 4.90 Å². The van der Waals surface area contributed by atoms with Crippen molar-refractivity contribution in [1.29, 1.82) is 0 Å². The Hall–Kier alpha value is -2.03. The van der Waals surface area contributed by atoms with Crippen LogP contribution in [-0.4, -0.2) is 10.5 Å². The van der Waals surface area contributed by atoms with E-state index in [4.69, 9.17) is 0 Å². The fourth-order valence-corrected chi connectivity index (χ4v) is 4.28. The first-order valence-corrected chi connectivity index (χ1v) is 8.34. The molecule has 0 unspecified atom stereocenters. The van der Waals surface area contributed by atoms with Gasteiger partial charge in [0.15, 0.2) is 0 Å². The molecule has 1 saturated carbocycles. The number of para-hydroxylation sites is 2. The Labute approximate surface area is 131 Å². The SMILES string of the molecule is CC(=O)N1c2ccccc2-n2cccc2[C@@H]1C1CCCCC1. The number of hydrogen-bond donors (Lipinski definition) is 0. The number of carbonyl (C=O) groups excluding carboxylic acids is 1. The number of aromatic nitrogens is 1. The fourth-order valence-electron chi connectivity index (χ4n) is 4.28. The van der Waals surface area contributed by atoms with Crippen molar-refractivity contribution in [3.05, 3.63) is 48.3 Å². The molecule has 4 rings (SSSR count). The standard InChI is InChI=1S/C19H22N2O/c1-14(22)21-17-11-6-5-10-16(17)20-13-7-12-18(20)19(21)15-8-3-2-4-9-15/h5-7,10-13,15,19H,2-4,8-9H2,1H3/t19-/m0/s1. The van der Waals surface area contributed by atoms with E-state index in [1.807, 2.05) is 17.0 Å². The molecule has 1 aromatic heterocycles. The highest BCUT2D eigenvalue weighted by molar-refractivity contribution is 5.95. The summed E-state index contributed by atoms with van der Waals surface area (Å²) in [6, 6.07) is 12.7. The van der Waals surface area contributed by atoms with Crippen LogP contribution in [0.25, 0.3) is 5.69 Å². The molecule has 0 radical (unpaired) electrons. The van der Waals surface area contributed by atoms with Crippen molar-refractivity contribution in [2.75, 3.05) is 4.90 Å². The van der Waals surface area contributed by atoms with Crippen LogP contribution >= 0.6 is 0 Å². The van der Waals surface area contributed by atoms with E-state index >= 15 is 0 Å². The average molecular weight is 294 g/mol. The predicted molar refractivity (Wildman–Crippen MR) is 88.2 cm³/mol. The van der Waals surface area contributed by atoms with Crippen molar-refractivity contribution in [1.82, 2.24) is 4.57 Å². The highest BCUT2D eigenvalue weighted by Gasteiger charge is 2.38. The number of rotatable bonds is 1. The van der Waals surface area contributed by atoms with Gasteiger partial charge in [0.1, 0.15) is 0 Å². The van der Waals surface area contributed by atoms with Crippen molar-refractivity contribution in [3.8, 4) is 5.69 Å². The quantitative estimate of drug-likeness (QED) is 0.762. The summed E-state index contributed by atoms with van der Waals surface area (Å²) in [7, 11) is 0. The van der Waals surface area contributed by atoms with E-state index < -0.39 is 0 Å². The lowest BCUT2D eigenvalue weighted by Gasteiger charge is -2.43. The highest BCUT2D eigenvalue weighted by Crippen LogP contribution is 2.46. The molecule has 3 heteroatoms. The van der Waals surface area contributed by atoms with Gasteiger partial charge in [-0.3, -0.25) is 4.79 Å².